The first-order chi connectivity index (χ1) is 18.7. The Bertz CT molecular complexity index is 1300. The highest BCUT2D eigenvalue weighted by molar-refractivity contribution is 7.80. The maximum atomic E-state index is 13.2. The van der Waals surface area contributed by atoms with Crippen molar-refractivity contribution in [1.29, 1.82) is 5.26 Å². The van der Waals surface area contributed by atoms with Crippen molar-refractivity contribution in [1.82, 2.24) is 25.1 Å². The molecule has 0 saturated heterocycles. The molecule has 1 atom stereocenters. The number of amides is 1. The van der Waals surface area contributed by atoms with Gasteiger partial charge in [0.15, 0.2) is 5.11 Å². The molecule has 206 valence electrons. The van der Waals surface area contributed by atoms with E-state index in [1.807, 2.05) is 33.7 Å². The summed E-state index contributed by atoms with van der Waals surface area (Å²) < 4.78 is 1.95. The first kappa shape index (κ1) is 30.4. The molecule has 0 bridgehead atoms. The SMILES string of the molecule is CCCNC(=S)N(Cc1cccc(Cl)c1Cl)C[C@@H](NC(=O)Cc1cncn1Cc1ccc(C#N)cc1)C(C)C. The van der Waals surface area contributed by atoms with Crippen LogP contribution >= 0.6 is 35.4 Å². The van der Waals surface area contributed by atoms with Gasteiger partial charge in [0.25, 0.3) is 0 Å². The molecule has 3 rings (SSSR count). The van der Waals surface area contributed by atoms with Gasteiger partial charge < -0.3 is 20.1 Å². The van der Waals surface area contributed by atoms with E-state index in [9.17, 15) is 4.79 Å². The number of imidazole rings is 1. The van der Waals surface area contributed by atoms with Crippen molar-refractivity contribution in [3.05, 3.63) is 87.4 Å². The number of carbonyl (C=O) groups excluding carboxylic acids is 1. The summed E-state index contributed by atoms with van der Waals surface area (Å²) in [4.78, 5) is 19.5. The van der Waals surface area contributed by atoms with Gasteiger partial charge in [-0.3, -0.25) is 4.79 Å². The number of nitrogens with zero attached hydrogens (tertiary/aromatic N) is 4. The monoisotopic (exact) mass is 584 g/mol. The first-order valence-electron chi connectivity index (χ1n) is 12.9. The molecule has 10 heteroatoms. The first-order valence-corrected chi connectivity index (χ1v) is 14.1. The smallest absolute Gasteiger partial charge is 0.226 e. The van der Waals surface area contributed by atoms with E-state index in [0.717, 1.165) is 29.8 Å². The van der Waals surface area contributed by atoms with Gasteiger partial charge in [-0.2, -0.15) is 5.26 Å². The van der Waals surface area contributed by atoms with Crippen molar-refractivity contribution >= 4 is 46.4 Å². The zero-order chi connectivity index (χ0) is 28.4. The fraction of sp³-hybridized carbons (Fsp3) is 0.379. The second kappa shape index (κ2) is 14.9. The summed E-state index contributed by atoms with van der Waals surface area (Å²) in [5.41, 5.74) is 3.31. The average molecular weight is 586 g/mol. The van der Waals surface area contributed by atoms with Gasteiger partial charge in [-0.15, -0.1) is 0 Å². The summed E-state index contributed by atoms with van der Waals surface area (Å²) in [5, 5.41) is 17.1. The van der Waals surface area contributed by atoms with Crippen LogP contribution in [0, 0.1) is 17.2 Å². The zero-order valence-electron chi connectivity index (χ0n) is 22.5. The van der Waals surface area contributed by atoms with Crippen LogP contribution in [0.15, 0.2) is 55.0 Å². The fourth-order valence-corrected chi connectivity index (χ4v) is 4.66. The van der Waals surface area contributed by atoms with Crippen LogP contribution in [0.4, 0.5) is 0 Å². The summed E-state index contributed by atoms with van der Waals surface area (Å²) >= 11 is 18.5. The van der Waals surface area contributed by atoms with Gasteiger partial charge in [-0.05, 0) is 53.9 Å². The lowest BCUT2D eigenvalue weighted by Gasteiger charge is -2.32. The maximum Gasteiger partial charge on any atom is 0.226 e. The molecule has 2 N–H and O–H groups in total. The van der Waals surface area contributed by atoms with Crippen LogP contribution in [-0.2, 0) is 24.3 Å². The molecule has 0 aliphatic carbocycles. The van der Waals surface area contributed by atoms with E-state index in [2.05, 4.69) is 42.5 Å². The quantitative estimate of drug-likeness (QED) is 0.270. The number of nitrogens with one attached hydrogen (secondary N) is 2. The summed E-state index contributed by atoms with van der Waals surface area (Å²) in [6.45, 7) is 8.52. The molecular weight excluding hydrogens is 551 g/mol. The third kappa shape index (κ3) is 8.96. The molecule has 0 aliphatic rings. The Hall–Kier alpha value is -3.12. The predicted molar refractivity (Wildman–Crippen MR) is 161 cm³/mol. The highest BCUT2D eigenvalue weighted by Gasteiger charge is 2.23. The van der Waals surface area contributed by atoms with Crippen molar-refractivity contribution in [2.45, 2.75) is 52.7 Å². The van der Waals surface area contributed by atoms with Crippen molar-refractivity contribution < 1.29 is 4.79 Å². The second-order valence-electron chi connectivity index (χ2n) is 9.74. The number of hydrogen-bond donors (Lipinski definition) is 2. The maximum absolute atomic E-state index is 13.2. The van der Waals surface area contributed by atoms with Crippen LogP contribution in [0.3, 0.4) is 0 Å². The van der Waals surface area contributed by atoms with Crippen LogP contribution < -0.4 is 10.6 Å². The van der Waals surface area contributed by atoms with Gasteiger partial charge in [-0.1, -0.05) is 68.2 Å². The van der Waals surface area contributed by atoms with Gasteiger partial charge in [0.1, 0.15) is 0 Å². The van der Waals surface area contributed by atoms with E-state index in [-0.39, 0.29) is 24.3 Å². The van der Waals surface area contributed by atoms with Crippen LogP contribution in [0.5, 0.6) is 0 Å². The third-order valence-corrected chi connectivity index (χ3v) is 7.61. The Morgan fingerprint density at radius 2 is 1.95 bits per heavy atom. The number of aromatic nitrogens is 2. The van der Waals surface area contributed by atoms with Crippen LogP contribution in [-0.4, -0.2) is 44.6 Å². The highest BCUT2D eigenvalue weighted by atomic mass is 35.5. The lowest BCUT2D eigenvalue weighted by Crippen LogP contribution is -2.50. The van der Waals surface area contributed by atoms with E-state index in [1.165, 1.54) is 0 Å². The summed E-state index contributed by atoms with van der Waals surface area (Å²) in [6, 6.07) is 14.9. The molecule has 0 fully saturated rings. The van der Waals surface area contributed by atoms with E-state index in [4.69, 9.17) is 40.7 Å². The average Bonchev–Trinajstić information content (AvgIpc) is 3.35. The molecule has 0 spiro atoms. The molecule has 2 aromatic carbocycles. The van der Waals surface area contributed by atoms with Crippen LogP contribution in [0.2, 0.25) is 10.0 Å². The molecule has 7 nitrogen and oxygen atoms in total. The van der Waals surface area contributed by atoms with Crippen molar-refractivity contribution in [3.63, 3.8) is 0 Å². The predicted octanol–water partition coefficient (Wildman–Crippen LogP) is 5.58. The summed E-state index contributed by atoms with van der Waals surface area (Å²) in [7, 11) is 0. The Morgan fingerprint density at radius 3 is 2.62 bits per heavy atom. The lowest BCUT2D eigenvalue weighted by atomic mass is 10.0. The highest BCUT2D eigenvalue weighted by Crippen LogP contribution is 2.27. The van der Waals surface area contributed by atoms with Crippen LogP contribution in [0.1, 0.15) is 49.6 Å². The minimum atomic E-state index is -0.160. The van der Waals surface area contributed by atoms with Crippen LogP contribution in [0.25, 0.3) is 0 Å². The van der Waals surface area contributed by atoms with E-state index in [1.54, 1.807) is 30.7 Å². The molecule has 0 unspecified atom stereocenters. The zero-order valence-corrected chi connectivity index (χ0v) is 24.8. The molecule has 0 radical (unpaired) electrons. The van der Waals surface area contributed by atoms with E-state index in [0.29, 0.717) is 40.4 Å². The van der Waals surface area contributed by atoms with Gasteiger partial charge in [0.2, 0.25) is 5.91 Å². The largest absolute Gasteiger partial charge is 0.363 e. The molecular formula is C29H34Cl2N6OS. The fourth-order valence-electron chi connectivity index (χ4n) is 4.04. The van der Waals surface area contributed by atoms with Gasteiger partial charge in [0.05, 0.1) is 34.4 Å². The molecule has 0 aliphatic heterocycles. The van der Waals surface area contributed by atoms with Crippen molar-refractivity contribution in [3.8, 4) is 6.07 Å². The molecule has 1 heterocycles. The minimum Gasteiger partial charge on any atom is -0.363 e. The molecule has 39 heavy (non-hydrogen) atoms. The topological polar surface area (TPSA) is 86.0 Å². The standard InChI is InChI=1S/C29H34Cl2N6OS/c1-4-12-34-29(39)36(17-23-6-5-7-25(30)28(23)31)18-26(20(2)3)35-27(38)13-24-15-33-19-37(24)16-22-10-8-21(14-32)9-11-22/h5-11,15,19-20,26H,4,12-13,16-18H2,1-3H3,(H,34,39)(H,35,38)/t26-/m1/s1. The minimum absolute atomic E-state index is 0.0940. The Labute approximate surface area is 246 Å². The van der Waals surface area contributed by atoms with Gasteiger partial charge >= 0.3 is 0 Å². The number of thiocarbonyl (C=S) groups is 1. The lowest BCUT2D eigenvalue weighted by molar-refractivity contribution is -0.121. The second-order valence-corrected chi connectivity index (χ2v) is 10.9. The van der Waals surface area contributed by atoms with Crippen molar-refractivity contribution in [2.75, 3.05) is 13.1 Å². The molecule has 1 aromatic heterocycles. The number of hydrogen-bond acceptors (Lipinski definition) is 4. The Morgan fingerprint density at radius 1 is 1.21 bits per heavy atom. The Kier molecular flexibility index (Phi) is 11.6. The normalized spacial score (nSPS) is 11.6. The number of carbonyl (C=O) groups is 1. The van der Waals surface area contributed by atoms with Gasteiger partial charge in [-0.25, -0.2) is 4.98 Å². The Balaban J connectivity index is 1.70. The molecule has 1 amide bonds. The summed E-state index contributed by atoms with van der Waals surface area (Å²) in [6.07, 6.45) is 4.56. The van der Waals surface area contributed by atoms with E-state index < -0.39 is 0 Å². The number of nitriles is 1. The van der Waals surface area contributed by atoms with Crippen molar-refractivity contribution in [2.24, 2.45) is 5.92 Å². The number of rotatable bonds is 12. The molecule has 3 aromatic rings. The summed E-state index contributed by atoms with van der Waals surface area (Å²) in [5.74, 6) is 0.0623. The van der Waals surface area contributed by atoms with E-state index >= 15 is 0 Å². The molecule has 0 saturated carbocycles. The third-order valence-electron chi connectivity index (χ3n) is 6.35. The number of halogens is 2. The van der Waals surface area contributed by atoms with Gasteiger partial charge in [0, 0.05) is 44.1 Å². The number of benzene rings is 2.